The second kappa shape index (κ2) is 6.90. The van der Waals surface area contributed by atoms with Crippen molar-refractivity contribution in [3.8, 4) is 5.75 Å². The second-order valence-corrected chi connectivity index (χ2v) is 4.06. The average molecular weight is 286 g/mol. The third-order valence-corrected chi connectivity index (χ3v) is 2.57. The van der Waals surface area contributed by atoms with Crippen LogP contribution in [0.2, 0.25) is 0 Å². The predicted octanol–water partition coefficient (Wildman–Crippen LogP) is 1.19. The van der Waals surface area contributed by atoms with Gasteiger partial charge in [-0.05, 0) is 24.3 Å². The first-order valence-corrected chi connectivity index (χ1v) is 6.10. The third kappa shape index (κ3) is 3.93. The molecular formula is C14H14N4O3. The zero-order chi connectivity index (χ0) is 15.1. The Morgan fingerprint density at radius 1 is 1.33 bits per heavy atom. The Kier molecular flexibility index (Phi) is 4.70. The molecule has 0 saturated carbocycles. The normalized spacial score (nSPS) is 11.0. The van der Waals surface area contributed by atoms with E-state index in [1.807, 2.05) is 0 Å². The van der Waals surface area contributed by atoms with Crippen LogP contribution in [0.5, 0.6) is 5.75 Å². The lowest BCUT2D eigenvalue weighted by Crippen LogP contribution is -2.22. The topological polar surface area (TPSA) is 110 Å². The van der Waals surface area contributed by atoms with E-state index in [0.717, 1.165) is 0 Å². The largest absolute Gasteiger partial charge is 0.483 e. The lowest BCUT2D eigenvalue weighted by Gasteiger charge is -2.10. The molecule has 1 amide bonds. The highest BCUT2D eigenvalue weighted by Crippen LogP contribution is 2.17. The lowest BCUT2D eigenvalue weighted by atomic mass is 10.2. The molecule has 21 heavy (non-hydrogen) atoms. The minimum absolute atomic E-state index is 0.0849. The number of para-hydroxylation sites is 1. The number of amides is 1. The fourth-order valence-electron chi connectivity index (χ4n) is 1.64. The summed E-state index contributed by atoms with van der Waals surface area (Å²) < 4.78 is 5.39. The highest BCUT2D eigenvalue weighted by atomic mass is 16.5. The summed E-state index contributed by atoms with van der Waals surface area (Å²) in [5.74, 6) is -0.0651. The van der Waals surface area contributed by atoms with Gasteiger partial charge in [0.15, 0.2) is 12.4 Å². The molecule has 0 aliphatic heterocycles. The molecule has 0 saturated heterocycles. The number of nitrogens with two attached hydrogens (primary N) is 1. The maximum absolute atomic E-state index is 11.8. The molecule has 0 bridgehead atoms. The molecule has 0 aliphatic rings. The van der Waals surface area contributed by atoms with Crippen molar-refractivity contribution in [1.82, 2.24) is 4.98 Å². The molecule has 4 N–H and O–H groups in total. The number of oxime groups is 1. The smallest absolute Gasteiger partial charge is 0.262 e. The van der Waals surface area contributed by atoms with E-state index in [0.29, 0.717) is 17.0 Å². The molecule has 1 aromatic heterocycles. The fourth-order valence-corrected chi connectivity index (χ4v) is 1.64. The highest BCUT2D eigenvalue weighted by Gasteiger charge is 2.09. The number of nitrogens with zero attached hydrogens (tertiary/aromatic N) is 2. The summed E-state index contributed by atoms with van der Waals surface area (Å²) in [5, 5.41) is 14.3. The molecule has 0 atom stereocenters. The van der Waals surface area contributed by atoms with E-state index in [2.05, 4.69) is 15.5 Å². The zero-order valence-electron chi connectivity index (χ0n) is 11.1. The molecule has 0 radical (unpaired) electrons. The van der Waals surface area contributed by atoms with Gasteiger partial charge in [0.1, 0.15) is 5.75 Å². The summed E-state index contributed by atoms with van der Waals surface area (Å²) in [6.07, 6.45) is 3.14. The van der Waals surface area contributed by atoms with Gasteiger partial charge in [-0.3, -0.25) is 9.78 Å². The van der Waals surface area contributed by atoms with Gasteiger partial charge in [-0.1, -0.05) is 17.3 Å². The molecule has 0 unspecified atom stereocenters. The number of carbonyl (C=O) groups excluding carboxylic acids is 1. The Morgan fingerprint density at radius 2 is 2.14 bits per heavy atom. The molecule has 1 aromatic carbocycles. The van der Waals surface area contributed by atoms with Gasteiger partial charge < -0.3 is 21.0 Å². The van der Waals surface area contributed by atoms with E-state index < -0.39 is 0 Å². The first-order valence-electron chi connectivity index (χ1n) is 6.10. The number of ether oxygens (including phenoxy) is 1. The molecule has 0 spiro atoms. The van der Waals surface area contributed by atoms with Crippen LogP contribution in [0.15, 0.2) is 53.9 Å². The van der Waals surface area contributed by atoms with E-state index in [9.17, 15) is 4.79 Å². The standard InChI is InChI=1S/C14H14N4O3/c15-14(18-20)11-5-1-2-6-12(11)21-9-13(19)17-10-4-3-7-16-8-10/h1-8,20H,9H2,(H2,15,18)(H,17,19). The number of aromatic nitrogens is 1. The number of hydrogen-bond donors (Lipinski definition) is 3. The maximum Gasteiger partial charge on any atom is 0.262 e. The third-order valence-electron chi connectivity index (χ3n) is 2.57. The van der Waals surface area contributed by atoms with Gasteiger partial charge in [0.25, 0.3) is 5.91 Å². The summed E-state index contributed by atoms with van der Waals surface area (Å²) in [6, 6.07) is 10.1. The van der Waals surface area contributed by atoms with E-state index in [4.69, 9.17) is 15.7 Å². The van der Waals surface area contributed by atoms with Gasteiger partial charge >= 0.3 is 0 Å². The highest BCUT2D eigenvalue weighted by molar-refractivity contribution is 5.99. The van der Waals surface area contributed by atoms with Crippen molar-refractivity contribution in [1.29, 1.82) is 0 Å². The van der Waals surface area contributed by atoms with Gasteiger partial charge in [0, 0.05) is 6.20 Å². The van der Waals surface area contributed by atoms with Crippen LogP contribution >= 0.6 is 0 Å². The molecule has 108 valence electrons. The Labute approximate surface area is 121 Å². The van der Waals surface area contributed by atoms with Crippen molar-refractivity contribution in [2.45, 2.75) is 0 Å². The number of rotatable bonds is 5. The van der Waals surface area contributed by atoms with Crippen LogP contribution in [0.1, 0.15) is 5.56 Å². The number of nitrogens with one attached hydrogen (secondary N) is 1. The van der Waals surface area contributed by atoms with Crippen LogP contribution in [0.4, 0.5) is 5.69 Å². The molecule has 7 nitrogen and oxygen atoms in total. The molecule has 0 fully saturated rings. The summed E-state index contributed by atoms with van der Waals surface area (Å²) in [4.78, 5) is 15.7. The van der Waals surface area contributed by atoms with Crippen molar-refractivity contribution in [2.75, 3.05) is 11.9 Å². The SMILES string of the molecule is N/C(=N\O)c1ccccc1OCC(=O)Nc1cccnc1. The number of hydrogen-bond acceptors (Lipinski definition) is 5. The van der Waals surface area contributed by atoms with E-state index >= 15 is 0 Å². The van der Waals surface area contributed by atoms with Crippen molar-refractivity contribution in [3.63, 3.8) is 0 Å². The van der Waals surface area contributed by atoms with Crippen LogP contribution in [0, 0.1) is 0 Å². The molecular weight excluding hydrogens is 272 g/mol. The Bertz CT molecular complexity index is 644. The predicted molar refractivity (Wildman–Crippen MR) is 77.3 cm³/mol. The van der Waals surface area contributed by atoms with Gasteiger partial charge in [-0.25, -0.2) is 0 Å². The fraction of sp³-hybridized carbons (Fsp3) is 0.0714. The average Bonchev–Trinajstić information content (AvgIpc) is 2.53. The van der Waals surface area contributed by atoms with Crippen LogP contribution in [0.3, 0.4) is 0 Å². The van der Waals surface area contributed by atoms with E-state index in [-0.39, 0.29) is 18.3 Å². The second-order valence-electron chi connectivity index (χ2n) is 4.06. The summed E-state index contributed by atoms with van der Waals surface area (Å²) in [5.41, 5.74) is 6.53. The molecule has 1 heterocycles. The van der Waals surface area contributed by atoms with Gasteiger partial charge in [0.05, 0.1) is 17.4 Å². The first-order chi connectivity index (χ1) is 10.2. The quantitative estimate of drug-likeness (QED) is 0.331. The monoisotopic (exact) mass is 286 g/mol. The van der Waals surface area contributed by atoms with Gasteiger partial charge in [-0.15, -0.1) is 0 Å². The van der Waals surface area contributed by atoms with Crippen molar-refractivity contribution in [3.05, 3.63) is 54.4 Å². The Balaban J connectivity index is 1.99. The lowest BCUT2D eigenvalue weighted by molar-refractivity contribution is -0.118. The minimum Gasteiger partial charge on any atom is -0.483 e. The van der Waals surface area contributed by atoms with Gasteiger partial charge in [0.2, 0.25) is 0 Å². The van der Waals surface area contributed by atoms with Crippen molar-refractivity contribution >= 4 is 17.4 Å². The van der Waals surface area contributed by atoms with Crippen LogP contribution in [-0.4, -0.2) is 28.5 Å². The Morgan fingerprint density at radius 3 is 2.86 bits per heavy atom. The minimum atomic E-state index is -0.336. The first kappa shape index (κ1) is 14.3. The zero-order valence-corrected chi connectivity index (χ0v) is 11.1. The number of pyridine rings is 1. The van der Waals surface area contributed by atoms with Crippen LogP contribution in [-0.2, 0) is 4.79 Å². The van der Waals surface area contributed by atoms with Crippen molar-refractivity contribution < 1.29 is 14.7 Å². The number of anilines is 1. The Hall–Kier alpha value is -3.09. The van der Waals surface area contributed by atoms with Crippen LogP contribution < -0.4 is 15.8 Å². The molecule has 2 rings (SSSR count). The van der Waals surface area contributed by atoms with Crippen LogP contribution in [0.25, 0.3) is 0 Å². The molecule has 2 aromatic rings. The van der Waals surface area contributed by atoms with Gasteiger partial charge in [-0.2, -0.15) is 0 Å². The molecule has 7 heteroatoms. The summed E-state index contributed by atoms with van der Waals surface area (Å²) in [6.45, 7) is -0.204. The molecule has 0 aliphatic carbocycles. The van der Waals surface area contributed by atoms with E-state index in [1.54, 1.807) is 42.6 Å². The number of benzene rings is 1. The summed E-state index contributed by atoms with van der Waals surface area (Å²) >= 11 is 0. The van der Waals surface area contributed by atoms with E-state index in [1.165, 1.54) is 6.20 Å². The summed E-state index contributed by atoms with van der Waals surface area (Å²) in [7, 11) is 0. The number of carbonyl (C=O) groups is 1. The van der Waals surface area contributed by atoms with Crippen molar-refractivity contribution in [2.24, 2.45) is 10.9 Å². The maximum atomic E-state index is 11.8. The number of amidine groups is 1.